The molecule has 1 N–H and O–H groups in total. The van der Waals surface area contributed by atoms with E-state index in [1.165, 1.54) is 12.1 Å². The van der Waals surface area contributed by atoms with Crippen molar-refractivity contribution in [2.75, 3.05) is 40.0 Å². The third kappa shape index (κ3) is 7.00. The van der Waals surface area contributed by atoms with Crippen molar-refractivity contribution in [2.45, 2.75) is 38.8 Å². The van der Waals surface area contributed by atoms with Crippen molar-refractivity contribution in [1.29, 1.82) is 0 Å². The smallest absolute Gasteiger partial charge is 0.194 e. The van der Waals surface area contributed by atoms with Gasteiger partial charge in [-0.05, 0) is 43.9 Å². The topological polar surface area (TPSA) is 46.1 Å². The molecule has 1 heterocycles. The standard InChI is InChI=1S/C19H30FN3O2/c1-3-21-19(22-15-16-5-7-17(20)8-6-16)23-11-9-18(10-12-23)25-14-4-13-24-2/h5-8,18H,3-4,9-15H2,1-2H3,(H,21,22). The van der Waals surface area contributed by atoms with Crippen LogP contribution in [0.5, 0.6) is 0 Å². The van der Waals surface area contributed by atoms with Crippen molar-refractivity contribution in [3.05, 3.63) is 35.6 Å². The number of aliphatic imine (C=N–C) groups is 1. The third-order valence-corrected chi connectivity index (χ3v) is 4.25. The zero-order valence-electron chi connectivity index (χ0n) is 15.3. The summed E-state index contributed by atoms with van der Waals surface area (Å²) in [5, 5.41) is 3.35. The lowest BCUT2D eigenvalue weighted by atomic mass is 10.1. The molecule has 1 aromatic carbocycles. The van der Waals surface area contributed by atoms with Crippen LogP contribution in [0.1, 0.15) is 31.7 Å². The van der Waals surface area contributed by atoms with E-state index in [0.29, 0.717) is 12.6 Å². The van der Waals surface area contributed by atoms with E-state index in [1.54, 1.807) is 19.2 Å². The number of methoxy groups -OCH3 is 1. The van der Waals surface area contributed by atoms with E-state index in [1.807, 2.05) is 0 Å². The molecule has 1 aliphatic rings. The van der Waals surface area contributed by atoms with E-state index in [0.717, 1.165) is 63.6 Å². The summed E-state index contributed by atoms with van der Waals surface area (Å²) in [6.45, 7) is 6.83. The van der Waals surface area contributed by atoms with Crippen LogP contribution in [0.15, 0.2) is 29.3 Å². The Morgan fingerprint density at radius 2 is 1.96 bits per heavy atom. The molecule has 1 aromatic rings. The maximum Gasteiger partial charge on any atom is 0.194 e. The number of rotatable bonds is 8. The zero-order chi connectivity index (χ0) is 17.9. The fourth-order valence-corrected chi connectivity index (χ4v) is 2.87. The monoisotopic (exact) mass is 351 g/mol. The van der Waals surface area contributed by atoms with Gasteiger partial charge in [-0.1, -0.05) is 12.1 Å². The van der Waals surface area contributed by atoms with Crippen LogP contribution in [0.2, 0.25) is 0 Å². The average Bonchev–Trinajstić information content (AvgIpc) is 2.64. The van der Waals surface area contributed by atoms with Gasteiger partial charge in [0.2, 0.25) is 0 Å². The number of benzene rings is 1. The first-order chi connectivity index (χ1) is 12.2. The molecule has 1 aliphatic heterocycles. The van der Waals surface area contributed by atoms with Gasteiger partial charge in [-0.25, -0.2) is 9.38 Å². The molecule has 0 unspecified atom stereocenters. The molecule has 0 atom stereocenters. The highest BCUT2D eigenvalue weighted by atomic mass is 19.1. The molecule has 0 spiro atoms. The maximum atomic E-state index is 13.0. The average molecular weight is 351 g/mol. The van der Waals surface area contributed by atoms with Crippen LogP contribution in [0, 0.1) is 5.82 Å². The number of likely N-dealkylation sites (tertiary alicyclic amines) is 1. The lowest BCUT2D eigenvalue weighted by Crippen LogP contribution is -2.47. The number of halogens is 1. The number of hydrogen-bond acceptors (Lipinski definition) is 3. The van der Waals surface area contributed by atoms with Crippen molar-refractivity contribution < 1.29 is 13.9 Å². The summed E-state index contributed by atoms with van der Waals surface area (Å²) in [5.41, 5.74) is 1.01. The predicted molar refractivity (Wildman–Crippen MR) is 98.3 cm³/mol. The van der Waals surface area contributed by atoms with E-state index < -0.39 is 0 Å². The normalized spacial score (nSPS) is 16.3. The zero-order valence-corrected chi connectivity index (χ0v) is 15.3. The number of hydrogen-bond donors (Lipinski definition) is 1. The van der Waals surface area contributed by atoms with Gasteiger partial charge < -0.3 is 19.7 Å². The van der Waals surface area contributed by atoms with Gasteiger partial charge in [0.1, 0.15) is 5.82 Å². The minimum Gasteiger partial charge on any atom is -0.385 e. The van der Waals surface area contributed by atoms with Crippen LogP contribution in [0.3, 0.4) is 0 Å². The summed E-state index contributed by atoms with van der Waals surface area (Å²) in [5.74, 6) is 0.705. The fraction of sp³-hybridized carbons (Fsp3) is 0.632. The van der Waals surface area contributed by atoms with Gasteiger partial charge in [-0.3, -0.25) is 0 Å². The Kier molecular flexibility index (Phi) is 8.69. The molecule has 25 heavy (non-hydrogen) atoms. The van der Waals surface area contributed by atoms with Crippen molar-refractivity contribution in [1.82, 2.24) is 10.2 Å². The van der Waals surface area contributed by atoms with Crippen LogP contribution in [0.25, 0.3) is 0 Å². The molecular formula is C19H30FN3O2. The molecular weight excluding hydrogens is 321 g/mol. The van der Waals surface area contributed by atoms with Gasteiger partial charge in [0.25, 0.3) is 0 Å². The minimum atomic E-state index is -0.216. The van der Waals surface area contributed by atoms with Crippen molar-refractivity contribution >= 4 is 5.96 Å². The fourth-order valence-electron chi connectivity index (χ4n) is 2.87. The second-order valence-corrected chi connectivity index (χ2v) is 6.20. The Balaban J connectivity index is 1.82. The summed E-state index contributed by atoms with van der Waals surface area (Å²) < 4.78 is 23.9. The highest BCUT2D eigenvalue weighted by Gasteiger charge is 2.21. The Morgan fingerprint density at radius 1 is 1.24 bits per heavy atom. The van der Waals surface area contributed by atoms with E-state index in [4.69, 9.17) is 14.5 Å². The number of guanidine groups is 1. The summed E-state index contributed by atoms with van der Waals surface area (Å²) in [6, 6.07) is 6.51. The largest absolute Gasteiger partial charge is 0.385 e. The van der Waals surface area contributed by atoms with Gasteiger partial charge in [-0.2, -0.15) is 0 Å². The number of nitrogens with one attached hydrogen (secondary N) is 1. The molecule has 0 aliphatic carbocycles. The molecule has 0 radical (unpaired) electrons. The second kappa shape index (κ2) is 11.1. The third-order valence-electron chi connectivity index (χ3n) is 4.25. The SMILES string of the molecule is CCNC(=NCc1ccc(F)cc1)N1CCC(OCCCOC)CC1. The molecule has 140 valence electrons. The van der Waals surface area contributed by atoms with E-state index >= 15 is 0 Å². The lowest BCUT2D eigenvalue weighted by molar-refractivity contribution is 0.00990. The van der Waals surface area contributed by atoms with E-state index in [9.17, 15) is 4.39 Å². The summed E-state index contributed by atoms with van der Waals surface area (Å²) in [6.07, 6.45) is 3.29. The summed E-state index contributed by atoms with van der Waals surface area (Å²) in [4.78, 5) is 6.98. The molecule has 1 fully saturated rings. The van der Waals surface area contributed by atoms with Gasteiger partial charge in [0.05, 0.1) is 12.6 Å². The molecule has 1 saturated heterocycles. The number of piperidine rings is 1. The van der Waals surface area contributed by atoms with E-state index in [-0.39, 0.29) is 5.82 Å². The Bertz CT molecular complexity index is 514. The Labute approximate surface area is 150 Å². The molecule has 0 bridgehead atoms. The van der Waals surface area contributed by atoms with Gasteiger partial charge in [0.15, 0.2) is 5.96 Å². The molecule has 6 heteroatoms. The van der Waals surface area contributed by atoms with Crippen LogP contribution in [-0.4, -0.2) is 56.9 Å². The first-order valence-electron chi connectivity index (χ1n) is 9.11. The highest BCUT2D eigenvalue weighted by Crippen LogP contribution is 2.14. The van der Waals surface area contributed by atoms with Crippen molar-refractivity contribution in [2.24, 2.45) is 4.99 Å². The minimum absolute atomic E-state index is 0.216. The molecule has 2 rings (SSSR count). The lowest BCUT2D eigenvalue weighted by Gasteiger charge is -2.34. The van der Waals surface area contributed by atoms with Crippen LogP contribution in [0.4, 0.5) is 4.39 Å². The van der Waals surface area contributed by atoms with Crippen LogP contribution >= 0.6 is 0 Å². The Morgan fingerprint density at radius 3 is 2.60 bits per heavy atom. The molecule has 5 nitrogen and oxygen atoms in total. The van der Waals surface area contributed by atoms with Gasteiger partial charge >= 0.3 is 0 Å². The maximum absolute atomic E-state index is 13.0. The van der Waals surface area contributed by atoms with E-state index in [2.05, 4.69) is 17.1 Å². The van der Waals surface area contributed by atoms with Crippen molar-refractivity contribution in [3.8, 4) is 0 Å². The van der Waals surface area contributed by atoms with Gasteiger partial charge in [-0.15, -0.1) is 0 Å². The molecule has 0 amide bonds. The highest BCUT2D eigenvalue weighted by molar-refractivity contribution is 5.80. The summed E-state index contributed by atoms with van der Waals surface area (Å²) >= 11 is 0. The van der Waals surface area contributed by atoms with Gasteiger partial charge in [0, 0.05) is 40.0 Å². The van der Waals surface area contributed by atoms with Crippen LogP contribution < -0.4 is 5.32 Å². The first-order valence-corrected chi connectivity index (χ1v) is 9.11. The molecule has 0 aromatic heterocycles. The summed E-state index contributed by atoms with van der Waals surface area (Å²) in [7, 11) is 1.71. The number of ether oxygens (including phenoxy) is 2. The predicted octanol–water partition coefficient (Wildman–Crippen LogP) is 2.81. The molecule has 0 saturated carbocycles. The number of nitrogens with zero attached hydrogens (tertiary/aromatic N) is 2. The second-order valence-electron chi connectivity index (χ2n) is 6.20. The Hall–Kier alpha value is -1.66. The van der Waals surface area contributed by atoms with Crippen LogP contribution in [-0.2, 0) is 16.0 Å². The quantitative estimate of drug-likeness (QED) is 0.444. The van der Waals surface area contributed by atoms with Crippen molar-refractivity contribution in [3.63, 3.8) is 0 Å². The first kappa shape index (κ1) is 19.7.